The average molecular weight is 312 g/mol. The fourth-order valence-electron chi connectivity index (χ4n) is 1.27. The van der Waals surface area contributed by atoms with E-state index < -0.39 is 38.5 Å². The van der Waals surface area contributed by atoms with Gasteiger partial charge in [-0.15, -0.1) is 11.3 Å². The Balaban J connectivity index is 2.96. The van der Waals surface area contributed by atoms with Crippen LogP contribution in [0.2, 0.25) is 0 Å². The number of rotatable bonds is 6. The summed E-state index contributed by atoms with van der Waals surface area (Å²) in [5.74, 6) is -1.25. The Hall–Kier alpha value is -0.840. The van der Waals surface area contributed by atoms with Crippen LogP contribution in [-0.2, 0) is 20.8 Å². The molecule has 0 aliphatic heterocycles. The number of sulfonamides is 1. The van der Waals surface area contributed by atoms with Crippen molar-refractivity contribution in [2.75, 3.05) is 12.0 Å². The highest BCUT2D eigenvalue weighted by molar-refractivity contribution is 7.91. The maximum absolute atomic E-state index is 11.9. The Labute approximate surface area is 111 Å². The number of thiazole rings is 1. The lowest BCUT2D eigenvalue weighted by molar-refractivity contribution is 0.0687. The monoisotopic (exact) mass is 312 g/mol. The van der Waals surface area contributed by atoms with Gasteiger partial charge < -0.3 is 5.11 Å². The molecule has 102 valence electrons. The van der Waals surface area contributed by atoms with Crippen molar-refractivity contribution in [3.05, 3.63) is 11.2 Å². The van der Waals surface area contributed by atoms with Gasteiger partial charge in [0.2, 0.25) is 0 Å². The Morgan fingerprint density at radius 3 is 2.78 bits per heavy atom. The lowest BCUT2D eigenvalue weighted by atomic mass is 10.4. The van der Waals surface area contributed by atoms with E-state index in [4.69, 9.17) is 5.11 Å². The van der Waals surface area contributed by atoms with Gasteiger partial charge in [0, 0.05) is 28.9 Å². The molecule has 1 heterocycles. The van der Waals surface area contributed by atoms with E-state index >= 15 is 0 Å². The molecule has 1 aromatic rings. The summed E-state index contributed by atoms with van der Waals surface area (Å²) in [5.41, 5.74) is 0.651. The van der Waals surface area contributed by atoms with Crippen LogP contribution in [0.1, 0.15) is 17.4 Å². The number of carboxylic acids is 1. The molecule has 18 heavy (non-hydrogen) atoms. The second kappa shape index (κ2) is 5.87. The molecule has 0 amide bonds. The van der Waals surface area contributed by atoms with Crippen molar-refractivity contribution in [2.24, 2.45) is 0 Å². The van der Waals surface area contributed by atoms with Gasteiger partial charge in [0.25, 0.3) is 10.0 Å². The highest BCUT2D eigenvalue weighted by Gasteiger charge is 2.27. The summed E-state index contributed by atoms with van der Waals surface area (Å²) >= 11 is 0.727. The molecule has 0 saturated heterocycles. The Morgan fingerprint density at radius 1 is 1.67 bits per heavy atom. The molecule has 0 bridgehead atoms. The molecule has 10 heteroatoms. The first kappa shape index (κ1) is 15.2. The molecule has 0 aliphatic rings. The molecule has 1 rings (SSSR count). The summed E-state index contributed by atoms with van der Waals surface area (Å²) in [4.78, 5) is 14.3. The molecule has 0 saturated carbocycles. The standard InChI is InChI=1S/C8H12N2O5S3/c1-5(3-17(2)13)10-18(14,15)8-6(7(11)12)9-4-16-8/h4-5,10H,3H2,1-2H3,(H,11,12). The minimum atomic E-state index is -3.95. The van der Waals surface area contributed by atoms with Gasteiger partial charge >= 0.3 is 5.97 Å². The number of carbonyl (C=O) groups is 1. The number of hydrogen-bond donors (Lipinski definition) is 2. The fourth-order valence-corrected chi connectivity index (χ4v) is 4.57. The zero-order chi connectivity index (χ0) is 13.9. The molecular weight excluding hydrogens is 300 g/mol. The largest absolute Gasteiger partial charge is 0.476 e. The zero-order valence-electron chi connectivity index (χ0n) is 9.61. The first-order chi connectivity index (χ1) is 8.24. The van der Waals surface area contributed by atoms with E-state index in [0.29, 0.717) is 0 Å². The van der Waals surface area contributed by atoms with Crippen LogP contribution in [0.4, 0.5) is 0 Å². The third-order valence-corrected chi connectivity index (χ3v) is 5.75. The molecule has 0 aromatic carbocycles. The molecule has 0 spiro atoms. The van der Waals surface area contributed by atoms with Crippen molar-refractivity contribution >= 4 is 38.1 Å². The lowest BCUT2D eigenvalue weighted by Crippen LogP contribution is -2.36. The predicted molar refractivity (Wildman–Crippen MR) is 67.8 cm³/mol. The first-order valence-electron chi connectivity index (χ1n) is 4.73. The minimum Gasteiger partial charge on any atom is -0.476 e. The molecule has 2 atom stereocenters. The van der Waals surface area contributed by atoms with E-state index in [1.54, 1.807) is 6.92 Å². The van der Waals surface area contributed by atoms with Crippen molar-refractivity contribution in [1.82, 2.24) is 9.71 Å². The number of aromatic nitrogens is 1. The number of nitrogens with zero attached hydrogens (tertiary/aromatic N) is 1. The molecule has 7 nitrogen and oxygen atoms in total. The first-order valence-corrected chi connectivity index (χ1v) is 8.82. The summed E-state index contributed by atoms with van der Waals surface area (Å²) in [6, 6.07) is -0.551. The summed E-state index contributed by atoms with van der Waals surface area (Å²) in [5, 5.41) is 8.80. The van der Waals surface area contributed by atoms with Crippen molar-refractivity contribution in [1.29, 1.82) is 0 Å². The Morgan fingerprint density at radius 2 is 2.28 bits per heavy atom. The van der Waals surface area contributed by atoms with Crippen LogP contribution < -0.4 is 4.72 Å². The summed E-state index contributed by atoms with van der Waals surface area (Å²) < 4.78 is 36.7. The molecular formula is C8H12N2O5S3. The number of nitrogens with one attached hydrogen (secondary N) is 1. The van der Waals surface area contributed by atoms with Crippen LogP contribution in [-0.4, -0.2) is 46.7 Å². The van der Waals surface area contributed by atoms with Crippen molar-refractivity contribution in [3.63, 3.8) is 0 Å². The second-order valence-electron chi connectivity index (χ2n) is 3.56. The third-order valence-electron chi connectivity index (χ3n) is 1.82. The molecule has 0 fully saturated rings. The Kier molecular flexibility index (Phi) is 4.96. The van der Waals surface area contributed by atoms with Crippen molar-refractivity contribution < 1.29 is 22.5 Å². The fraction of sp³-hybridized carbons (Fsp3) is 0.500. The quantitative estimate of drug-likeness (QED) is 0.757. The van der Waals surface area contributed by atoms with Gasteiger partial charge in [0.1, 0.15) is 0 Å². The highest BCUT2D eigenvalue weighted by Crippen LogP contribution is 2.20. The molecule has 0 aliphatic carbocycles. The molecule has 2 N–H and O–H groups in total. The van der Waals surface area contributed by atoms with Crippen molar-refractivity contribution in [2.45, 2.75) is 17.2 Å². The van der Waals surface area contributed by atoms with Crippen LogP contribution in [0.3, 0.4) is 0 Å². The van der Waals surface area contributed by atoms with E-state index in [2.05, 4.69) is 9.71 Å². The minimum absolute atomic E-state index is 0.153. The number of hydrogen-bond acceptors (Lipinski definition) is 6. The predicted octanol–water partition coefficient (Wildman–Crippen LogP) is -0.113. The van der Waals surface area contributed by atoms with E-state index in [9.17, 15) is 17.4 Å². The van der Waals surface area contributed by atoms with E-state index in [-0.39, 0.29) is 9.96 Å². The second-order valence-corrected chi connectivity index (χ2v) is 7.80. The number of carboxylic acid groups (broad SMARTS) is 1. The number of aromatic carboxylic acids is 1. The van der Waals surface area contributed by atoms with Crippen LogP contribution in [0.15, 0.2) is 9.72 Å². The van der Waals surface area contributed by atoms with Gasteiger partial charge in [-0.1, -0.05) is 0 Å². The van der Waals surface area contributed by atoms with E-state index in [0.717, 1.165) is 16.8 Å². The van der Waals surface area contributed by atoms with Gasteiger partial charge in [0.05, 0.1) is 5.51 Å². The van der Waals surface area contributed by atoms with Gasteiger partial charge in [-0.3, -0.25) is 4.21 Å². The molecule has 1 aromatic heterocycles. The van der Waals surface area contributed by atoms with E-state index in [1.807, 2.05) is 0 Å². The summed E-state index contributed by atoms with van der Waals surface area (Å²) in [7, 11) is -5.09. The van der Waals surface area contributed by atoms with Gasteiger partial charge in [-0.05, 0) is 6.92 Å². The maximum Gasteiger partial charge on any atom is 0.356 e. The molecule has 2 unspecified atom stereocenters. The van der Waals surface area contributed by atoms with Gasteiger partial charge in [-0.2, -0.15) is 0 Å². The smallest absolute Gasteiger partial charge is 0.356 e. The lowest BCUT2D eigenvalue weighted by Gasteiger charge is -2.11. The maximum atomic E-state index is 11.9. The van der Waals surface area contributed by atoms with E-state index in [1.165, 1.54) is 6.26 Å². The highest BCUT2D eigenvalue weighted by atomic mass is 32.2. The average Bonchev–Trinajstić information content (AvgIpc) is 2.63. The molecule has 0 radical (unpaired) electrons. The Bertz CT molecular complexity index is 565. The zero-order valence-corrected chi connectivity index (χ0v) is 12.1. The summed E-state index contributed by atoms with van der Waals surface area (Å²) in [6.07, 6.45) is 1.46. The topological polar surface area (TPSA) is 113 Å². The van der Waals surface area contributed by atoms with Crippen LogP contribution in [0.25, 0.3) is 0 Å². The SMILES string of the molecule is CC(CS(C)=O)NS(=O)(=O)c1scnc1C(=O)O. The normalized spacial score (nSPS) is 15.2. The van der Waals surface area contributed by atoms with Crippen LogP contribution >= 0.6 is 11.3 Å². The summed E-state index contributed by atoms with van der Waals surface area (Å²) in [6.45, 7) is 1.56. The van der Waals surface area contributed by atoms with Crippen LogP contribution in [0, 0.1) is 0 Å². The van der Waals surface area contributed by atoms with Crippen LogP contribution in [0.5, 0.6) is 0 Å². The van der Waals surface area contributed by atoms with Crippen molar-refractivity contribution in [3.8, 4) is 0 Å². The van der Waals surface area contributed by atoms with Gasteiger partial charge in [-0.25, -0.2) is 22.9 Å². The van der Waals surface area contributed by atoms with Gasteiger partial charge in [0.15, 0.2) is 9.90 Å². The third kappa shape index (κ3) is 3.83.